The molecule has 1 saturated heterocycles. The Morgan fingerprint density at radius 1 is 1.35 bits per heavy atom. The largest absolute Gasteiger partial charge is 0.418 e. The van der Waals surface area contributed by atoms with Crippen LogP contribution < -0.4 is 10.2 Å². The molecule has 1 aliphatic rings. The molecule has 2 rings (SSSR count). The predicted octanol–water partition coefficient (Wildman–Crippen LogP) is 2.76. The topological polar surface area (TPSA) is 39.1 Å². The fourth-order valence-corrected chi connectivity index (χ4v) is 2.44. The number of nitrogens with zero attached hydrogens (tertiary/aromatic N) is 2. The molecule has 0 radical (unpaired) electrons. The molecule has 0 bridgehead atoms. The number of anilines is 1. The Morgan fingerprint density at radius 2 is 2.05 bits per heavy atom. The van der Waals surface area contributed by atoms with Crippen molar-refractivity contribution < 1.29 is 13.2 Å². The van der Waals surface area contributed by atoms with E-state index in [1.54, 1.807) is 11.0 Å². The number of rotatable bonds is 1. The van der Waals surface area contributed by atoms with E-state index in [-0.39, 0.29) is 23.3 Å². The third-order valence-electron chi connectivity index (χ3n) is 3.50. The first-order chi connectivity index (χ1) is 9.32. The Labute approximate surface area is 116 Å². The van der Waals surface area contributed by atoms with E-state index < -0.39 is 11.7 Å². The summed E-state index contributed by atoms with van der Waals surface area (Å²) < 4.78 is 39.6. The lowest BCUT2D eigenvalue weighted by Gasteiger charge is -2.40. The highest BCUT2D eigenvalue weighted by molar-refractivity contribution is 5.59. The van der Waals surface area contributed by atoms with Crippen molar-refractivity contribution in [3.05, 3.63) is 29.3 Å². The lowest BCUT2D eigenvalue weighted by Crippen LogP contribution is -2.54. The summed E-state index contributed by atoms with van der Waals surface area (Å²) in [6.45, 7) is 4.97. The zero-order valence-corrected chi connectivity index (χ0v) is 11.3. The van der Waals surface area contributed by atoms with Crippen molar-refractivity contribution in [3.63, 3.8) is 0 Å². The molecule has 1 aromatic carbocycles. The molecule has 0 aromatic heterocycles. The number of halogens is 3. The van der Waals surface area contributed by atoms with Gasteiger partial charge >= 0.3 is 6.18 Å². The van der Waals surface area contributed by atoms with Crippen LogP contribution >= 0.6 is 0 Å². The van der Waals surface area contributed by atoms with Gasteiger partial charge < -0.3 is 10.2 Å². The SMILES string of the molecule is C[C@@H]1CN(c2ccc(C#N)cc2C(F)(F)F)[C@@H](C)CN1. The Kier molecular flexibility index (Phi) is 3.91. The number of alkyl halides is 3. The van der Waals surface area contributed by atoms with Gasteiger partial charge in [-0.1, -0.05) is 0 Å². The van der Waals surface area contributed by atoms with E-state index >= 15 is 0 Å². The molecule has 1 aromatic rings. The van der Waals surface area contributed by atoms with E-state index in [4.69, 9.17) is 5.26 Å². The van der Waals surface area contributed by atoms with E-state index in [9.17, 15) is 13.2 Å². The van der Waals surface area contributed by atoms with E-state index in [0.717, 1.165) is 6.07 Å². The summed E-state index contributed by atoms with van der Waals surface area (Å²) >= 11 is 0. The van der Waals surface area contributed by atoms with Crippen molar-refractivity contribution >= 4 is 5.69 Å². The molecule has 1 heterocycles. The molecule has 108 valence electrons. The quantitative estimate of drug-likeness (QED) is 0.861. The summed E-state index contributed by atoms with van der Waals surface area (Å²) in [6, 6.07) is 5.62. The number of nitriles is 1. The van der Waals surface area contributed by atoms with Crippen molar-refractivity contribution in [2.24, 2.45) is 0 Å². The number of piperazine rings is 1. The molecule has 6 heteroatoms. The van der Waals surface area contributed by atoms with Crippen LogP contribution in [0, 0.1) is 11.3 Å². The Hall–Kier alpha value is -1.74. The van der Waals surface area contributed by atoms with Crippen LogP contribution in [0.2, 0.25) is 0 Å². The number of hydrogen-bond donors (Lipinski definition) is 1. The van der Waals surface area contributed by atoms with E-state index in [0.29, 0.717) is 13.1 Å². The highest BCUT2D eigenvalue weighted by atomic mass is 19.4. The molecule has 0 unspecified atom stereocenters. The van der Waals surface area contributed by atoms with Gasteiger partial charge in [0.15, 0.2) is 0 Å². The first kappa shape index (κ1) is 14.7. The van der Waals surface area contributed by atoms with Crippen LogP contribution in [0.3, 0.4) is 0 Å². The molecular weight excluding hydrogens is 267 g/mol. The Morgan fingerprint density at radius 3 is 2.65 bits per heavy atom. The molecule has 0 aliphatic carbocycles. The van der Waals surface area contributed by atoms with Crippen LogP contribution in [0.25, 0.3) is 0 Å². The molecular formula is C14H16F3N3. The third kappa shape index (κ3) is 2.88. The zero-order valence-electron chi connectivity index (χ0n) is 11.3. The van der Waals surface area contributed by atoms with Gasteiger partial charge in [-0.3, -0.25) is 0 Å². The van der Waals surface area contributed by atoms with Crippen LogP contribution in [0.4, 0.5) is 18.9 Å². The van der Waals surface area contributed by atoms with Gasteiger partial charge in [0.1, 0.15) is 0 Å². The minimum absolute atomic E-state index is 0.0249. The average molecular weight is 283 g/mol. The van der Waals surface area contributed by atoms with Gasteiger partial charge in [0, 0.05) is 30.9 Å². The maximum atomic E-state index is 13.2. The lowest BCUT2D eigenvalue weighted by atomic mass is 10.0. The first-order valence-electron chi connectivity index (χ1n) is 6.44. The summed E-state index contributed by atoms with van der Waals surface area (Å²) in [4.78, 5) is 1.76. The molecule has 1 aliphatic heterocycles. The molecule has 3 nitrogen and oxygen atoms in total. The molecule has 0 saturated carbocycles. The van der Waals surface area contributed by atoms with Gasteiger partial charge in [-0.25, -0.2) is 0 Å². The maximum Gasteiger partial charge on any atom is 0.418 e. The predicted molar refractivity (Wildman–Crippen MR) is 70.4 cm³/mol. The summed E-state index contributed by atoms with van der Waals surface area (Å²) in [5.74, 6) is 0. The summed E-state index contributed by atoms with van der Waals surface area (Å²) in [6.07, 6.45) is -4.46. The summed E-state index contributed by atoms with van der Waals surface area (Å²) in [5.41, 5.74) is -0.563. The second kappa shape index (κ2) is 5.33. The van der Waals surface area contributed by atoms with Gasteiger partial charge in [0.05, 0.1) is 17.2 Å². The van der Waals surface area contributed by atoms with Crippen LogP contribution in [-0.4, -0.2) is 25.2 Å². The van der Waals surface area contributed by atoms with Gasteiger partial charge in [-0.2, -0.15) is 18.4 Å². The maximum absolute atomic E-state index is 13.2. The van der Waals surface area contributed by atoms with Crippen LogP contribution in [0.5, 0.6) is 0 Å². The molecule has 1 fully saturated rings. The van der Waals surface area contributed by atoms with Gasteiger partial charge in [0.25, 0.3) is 0 Å². The molecule has 0 spiro atoms. The van der Waals surface area contributed by atoms with Crippen molar-refractivity contribution in [2.45, 2.75) is 32.1 Å². The molecule has 20 heavy (non-hydrogen) atoms. The van der Waals surface area contributed by atoms with Crippen molar-refractivity contribution in [1.29, 1.82) is 5.26 Å². The fourth-order valence-electron chi connectivity index (χ4n) is 2.44. The van der Waals surface area contributed by atoms with Crippen molar-refractivity contribution in [2.75, 3.05) is 18.0 Å². The highest BCUT2D eigenvalue weighted by Gasteiger charge is 2.37. The van der Waals surface area contributed by atoms with Crippen LogP contribution in [0.15, 0.2) is 18.2 Å². The first-order valence-corrected chi connectivity index (χ1v) is 6.44. The van der Waals surface area contributed by atoms with E-state index in [1.807, 2.05) is 13.8 Å². The standard InChI is InChI=1S/C14H16F3N3/c1-9-8-20(10(2)7-19-9)13-4-3-11(6-18)5-12(13)14(15,16)17/h3-5,9-10,19H,7-8H2,1-2H3/t9-,10+/m1/s1. The molecule has 0 amide bonds. The highest BCUT2D eigenvalue weighted by Crippen LogP contribution is 2.38. The van der Waals surface area contributed by atoms with Crippen molar-refractivity contribution in [3.8, 4) is 6.07 Å². The average Bonchev–Trinajstić information content (AvgIpc) is 2.40. The van der Waals surface area contributed by atoms with Crippen LogP contribution in [0.1, 0.15) is 25.0 Å². The van der Waals surface area contributed by atoms with Gasteiger partial charge in [0.2, 0.25) is 0 Å². The van der Waals surface area contributed by atoms with Gasteiger partial charge in [-0.05, 0) is 32.0 Å². The minimum atomic E-state index is -4.46. The second-order valence-electron chi connectivity index (χ2n) is 5.15. The molecule has 1 N–H and O–H groups in total. The normalized spacial score (nSPS) is 23.5. The zero-order chi connectivity index (χ0) is 14.9. The van der Waals surface area contributed by atoms with Crippen molar-refractivity contribution in [1.82, 2.24) is 5.32 Å². The second-order valence-corrected chi connectivity index (χ2v) is 5.15. The Bertz CT molecular complexity index is 533. The monoisotopic (exact) mass is 283 g/mol. The fraction of sp³-hybridized carbons (Fsp3) is 0.500. The number of hydrogen-bond acceptors (Lipinski definition) is 3. The minimum Gasteiger partial charge on any atom is -0.366 e. The smallest absolute Gasteiger partial charge is 0.366 e. The number of benzene rings is 1. The third-order valence-corrected chi connectivity index (χ3v) is 3.50. The van der Waals surface area contributed by atoms with Gasteiger partial charge in [-0.15, -0.1) is 0 Å². The summed E-state index contributed by atoms with van der Waals surface area (Å²) in [7, 11) is 0. The lowest BCUT2D eigenvalue weighted by molar-refractivity contribution is -0.137. The van der Waals surface area contributed by atoms with E-state index in [2.05, 4.69) is 5.32 Å². The Balaban J connectivity index is 2.47. The summed E-state index contributed by atoms with van der Waals surface area (Å²) in [5, 5.41) is 12.0. The van der Waals surface area contributed by atoms with E-state index in [1.165, 1.54) is 12.1 Å². The number of nitrogens with one attached hydrogen (secondary N) is 1. The molecule has 2 atom stereocenters. The van der Waals surface area contributed by atoms with Crippen LogP contribution in [-0.2, 0) is 6.18 Å².